The number of rotatable bonds is 2. The third-order valence-corrected chi connectivity index (χ3v) is 3.11. The minimum Gasteiger partial charge on any atom is -0.393 e. The normalized spacial score (nSPS) is 27.9. The molecule has 1 aromatic heterocycles. The Balaban J connectivity index is 2.01. The van der Waals surface area contributed by atoms with Gasteiger partial charge in [-0.1, -0.05) is 6.92 Å². The van der Waals surface area contributed by atoms with Crippen LogP contribution in [-0.4, -0.2) is 21.2 Å². The number of hydrogen-bond donors (Lipinski definition) is 2. The molecule has 14 heavy (non-hydrogen) atoms. The van der Waals surface area contributed by atoms with Gasteiger partial charge in [0.1, 0.15) is 5.82 Å². The molecule has 78 valence electrons. The van der Waals surface area contributed by atoms with E-state index < -0.39 is 0 Å². The summed E-state index contributed by atoms with van der Waals surface area (Å²) in [5.41, 5.74) is 1.21. The molecule has 0 spiro atoms. The van der Waals surface area contributed by atoms with Crippen LogP contribution in [0.15, 0.2) is 6.20 Å². The second-order valence-corrected chi connectivity index (χ2v) is 4.15. The summed E-state index contributed by atoms with van der Waals surface area (Å²) in [5, 5.41) is 9.39. The van der Waals surface area contributed by atoms with E-state index in [-0.39, 0.29) is 6.10 Å². The molecule has 1 aliphatic carbocycles. The molecule has 0 amide bonds. The second kappa shape index (κ2) is 4.13. The number of hydrogen-bond acceptors (Lipinski definition) is 2. The average Bonchev–Trinajstić information content (AvgIpc) is 2.67. The fourth-order valence-corrected chi connectivity index (χ4v) is 2.11. The van der Waals surface area contributed by atoms with Crippen molar-refractivity contribution in [2.75, 3.05) is 0 Å². The van der Waals surface area contributed by atoms with E-state index in [9.17, 15) is 5.11 Å². The van der Waals surface area contributed by atoms with Gasteiger partial charge in [0.05, 0.1) is 6.10 Å². The Morgan fingerprint density at radius 2 is 2.14 bits per heavy atom. The standard InChI is InChI=1S/C11H18N2O/c1-2-9-7-12-11(13-9)8-3-5-10(14)6-4-8/h7-8,10,14H,2-6H2,1H3,(H,12,13). The highest BCUT2D eigenvalue weighted by Crippen LogP contribution is 2.31. The second-order valence-electron chi connectivity index (χ2n) is 4.15. The highest BCUT2D eigenvalue weighted by atomic mass is 16.3. The van der Waals surface area contributed by atoms with Crippen molar-refractivity contribution >= 4 is 0 Å². The Bertz CT molecular complexity index is 287. The number of aromatic nitrogens is 2. The van der Waals surface area contributed by atoms with Gasteiger partial charge in [0.2, 0.25) is 0 Å². The van der Waals surface area contributed by atoms with Crippen molar-refractivity contribution in [1.29, 1.82) is 0 Å². The van der Waals surface area contributed by atoms with Crippen molar-refractivity contribution in [1.82, 2.24) is 9.97 Å². The predicted octanol–water partition coefficient (Wildman–Crippen LogP) is 1.99. The molecule has 1 saturated carbocycles. The van der Waals surface area contributed by atoms with Crippen molar-refractivity contribution in [2.24, 2.45) is 0 Å². The molecule has 0 atom stereocenters. The van der Waals surface area contributed by atoms with Gasteiger partial charge in [-0.2, -0.15) is 0 Å². The average molecular weight is 194 g/mol. The summed E-state index contributed by atoms with van der Waals surface area (Å²) in [6, 6.07) is 0. The van der Waals surface area contributed by atoms with E-state index in [1.807, 2.05) is 6.20 Å². The molecule has 0 aromatic carbocycles. The molecule has 3 nitrogen and oxygen atoms in total. The van der Waals surface area contributed by atoms with Crippen LogP contribution in [0, 0.1) is 0 Å². The van der Waals surface area contributed by atoms with E-state index in [0.29, 0.717) is 5.92 Å². The van der Waals surface area contributed by atoms with E-state index in [0.717, 1.165) is 37.9 Å². The zero-order valence-corrected chi connectivity index (χ0v) is 8.66. The minimum absolute atomic E-state index is 0.0770. The number of aryl methyl sites for hydroxylation is 1. The van der Waals surface area contributed by atoms with Crippen molar-refractivity contribution in [3.8, 4) is 0 Å². The molecule has 2 N–H and O–H groups in total. The molecule has 1 heterocycles. The molecule has 0 saturated heterocycles. The Morgan fingerprint density at radius 1 is 1.43 bits per heavy atom. The zero-order chi connectivity index (χ0) is 9.97. The number of H-pyrrole nitrogens is 1. The molecular formula is C11H18N2O. The van der Waals surface area contributed by atoms with Gasteiger partial charge in [0.25, 0.3) is 0 Å². The molecular weight excluding hydrogens is 176 g/mol. The molecule has 0 bridgehead atoms. The fourth-order valence-electron chi connectivity index (χ4n) is 2.11. The Morgan fingerprint density at radius 3 is 2.71 bits per heavy atom. The SMILES string of the molecule is CCc1cnc(C2CCC(O)CC2)[nH]1. The largest absolute Gasteiger partial charge is 0.393 e. The first-order chi connectivity index (χ1) is 6.79. The summed E-state index contributed by atoms with van der Waals surface area (Å²) in [7, 11) is 0. The lowest BCUT2D eigenvalue weighted by Gasteiger charge is -2.23. The van der Waals surface area contributed by atoms with E-state index in [1.54, 1.807) is 0 Å². The Labute approximate surface area is 84.6 Å². The zero-order valence-electron chi connectivity index (χ0n) is 8.66. The molecule has 1 aromatic rings. The first-order valence-electron chi connectivity index (χ1n) is 5.51. The Hall–Kier alpha value is -0.830. The van der Waals surface area contributed by atoms with Crippen molar-refractivity contribution in [2.45, 2.75) is 51.0 Å². The summed E-state index contributed by atoms with van der Waals surface area (Å²) >= 11 is 0. The van der Waals surface area contributed by atoms with Crippen LogP contribution >= 0.6 is 0 Å². The van der Waals surface area contributed by atoms with Gasteiger partial charge in [0, 0.05) is 17.8 Å². The van der Waals surface area contributed by atoms with Gasteiger partial charge in [0.15, 0.2) is 0 Å². The van der Waals surface area contributed by atoms with Gasteiger partial charge < -0.3 is 10.1 Å². The number of imidazole rings is 1. The molecule has 0 unspecified atom stereocenters. The lowest BCUT2D eigenvalue weighted by molar-refractivity contribution is 0.121. The summed E-state index contributed by atoms with van der Waals surface area (Å²) in [4.78, 5) is 7.75. The van der Waals surface area contributed by atoms with E-state index in [4.69, 9.17) is 0 Å². The van der Waals surface area contributed by atoms with Crippen LogP contribution in [0.25, 0.3) is 0 Å². The van der Waals surface area contributed by atoms with Crippen LogP contribution in [0.4, 0.5) is 0 Å². The van der Waals surface area contributed by atoms with Crippen LogP contribution in [-0.2, 0) is 6.42 Å². The first-order valence-corrected chi connectivity index (χ1v) is 5.51. The monoisotopic (exact) mass is 194 g/mol. The highest BCUT2D eigenvalue weighted by Gasteiger charge is 2.22. The van der Waals surface area contributed by atoms with Crippen LogP contribution in [0.5, 0.6) is 0 Å². The maximum absolute atomic E-state index is 9.39. The van der Waals surface area contributed by atoms with Gasteiger partial charge in [-0.3, -0.25) is 0 Å². The third kappa shape index (κ3) is 1.98. The maximum atomic E-state index is 9.39. The van der Waals surface area contributed by atoms with E-state index >= 15 is 0 Å². The quantitative estimate of drug-likeness (QED) is 0.756. The lowest BCUT2D eigenvalue weighted by Crippen LogP contribution is -2.17. The van der Waals surface area contributed by atoms with Gasteiger partial charge in [-0.05, 0) is 32.1 Å². The predicted molar refractivity (Wildman–Crippen MR) is 55.2 cm³/mol. The number of nitrogens with zero attached hydrogens (tertiary/aromatic N) is 1. The molecule has 1 aliphatic rings. The highest BCUT2D eigenvalue weighted by molar-refractivity contribution is 5.06. The summed E-state index contributed by atoms with van der Waals surface area (Å²) in [5.74, 6) is 1.66. The van der Waals surface area contributed by atoms with Gasteiger partial charge in [-0.15, -0.1) is 0 Å². The molecule has 1 fully saturated rings. The van der Waals surface area contributed by atoms with Crippen molar-refractivity contribution in [3.05, 3.63) is 17.7 Å². The Kier molecular flexibility index (Phi) is 2.87. The van der Waals surface area contributed by atoms with Crippen molar-refractivity contribution in [3.63, 3.8) is 0 Å². The molecule has 2 rings (SSSR count). The maximum Gasteiger partial charge on any atom is 0.109 e. The van der Waals surface area contributed by atoms with Gasteiger partial charge in [-0.25, -0.2) is 4.98 Å². The van der Waals surface area contributed by atoms with Crippen LogP contribution < -0.4 is 0 Å². The smallest absolute Gasteiger partial charge is 0.109 e. The number of aliphatic hydroxyl groups excluding tert-OH is 1. The fraction of sp³-hybridized carbons (Fsp3) is 0.727. The first kappa shape index (κ1) is 9.71. The topological polar surface area (TPSA) is 48.9 Å². The minimum atomic E-state index is -0.0770. The summed E-state index contributed by atoms with van der Waals surface area (Å²) < 4.78 is 0. The number of aliphatic hydroxyl groups is 1. The molecule has 3 heteroatoms. The van der Waals surface area contributed by atoms with E-state index in [2.05, 4.69) is 16.9 Å². The summed E-state index contributed by atoms with van der Waals surface area (Å²) in [6.45, 7) is 2.13. The van der Waals surface area contributed by atoms with E-state index in [1.165, 1.54) is 5.69 Å². The van der Waals surface area contributed by atoms with Crippen molar-refractivity contribution < 1.29 is 5.11 Å². The van der Waals surface area contributed by atoms with Crippen LogP contribution in [0.2, 0.25) is 0 Å². The molecule has 0 aliphatic heterocycles. The number of nitrogens with one attached hydrogen (secondary N) is 1. The number of aromatic amines is 1. The third-order valence-electron chi connectivity index (χ3n) is 3.11. The van der Waals surface area contributed by atoms with Crippen LogP contribution in [0.3, 0.4) is 0 Å². The molecule has 0 radical (unpaired) electrons. The van der Waals surface area contributed by atoms with Crippen LogP contribution in [0.1, 0.15) is 50.0 Å². The lowest BCUT2D eigenvalue weighted by atomic mass is 9.87. The summed E-state index contributed by atoms with van der Waals surface area (Å²) in [6.07, 6.45) is 6.85. The van der Waals surface area contributed by atoms with Gasteiger partial charge >= 0.3 is 0 Å².